The maximum atomic E-state index is 13.1. The van der Waals surface area contributed by atoms with Crippen LogP contribution >= 0.6 is 36.4 Å². The molecule has 9 heteroatoms. The van der Waals surface area contributed by atoms with Crippen molar-refractivity contribution < 1.29 is 19.0 Å². The second kappa shape index (κ2) is 14.7. The number of aliphatic hydroxyl groups excluding tert-OH is 1. The Hall–Kier alpha value is -1.28. The highest BCUT2D eigenvalue weighted by molar-refractivity contribution is 6.31. The van der Waals surface area contributed by atoms with Gasteiger partial charge in [0, 0.05) is 31.7 Å². The highest BCUT2D eigenvalue weighted by Crippen LogP contribution is 2.29. The van der Waals surface area contributed by atoms with Gasteiger partial charge in [0.1, 0.15) is 12.4 Å². The molecule has 0 bridgehead atoms. The summed E-state index contributed by atoms with van der Waals surface area (Å²) in [5, 5.41) is 15.4. The Balaban J connectivity index is 0.00000364. The van der Waals surface area contributed by atoms with E-state index < -0.39 is 0 Å². The summed E-state index contributed by atoms with van der Waals surface area (Å²) in [5.41, 5.74) is 1.77. The second-order valence-electron chi connectivity index (χ2n) is 5.66. The van der Waals surface area contributed by atoms with Crippen LogP contribution in [0.15, 0.2) is 36.4 Å². The molecule has 0 aliphatic carbocycles. The third kappa shape index (κ3) is 8.82. The van der Waals surface area contributed by atoms with Crippen LogP contribution in [0, 0.1) is 5.82 Å². The van der Waals surface area contributed by atoms with Gasteiger partial charge >= 0.3 is 0 Å². The molecule has 5 nitrogen and oxygen atoms in total. The van der Waals surface area contributed by atoms with Gasteiger partial charge in [-0.2, -0.15) is 0 Å². The predicted octanol–water partition coefficient (Wildman–Crippen LogP) is 3.58. The minimum atomic E-state index is -0.375. The molecular weight excluding hydrogens is 430 g/mol. The first-order valence-electron chi connectivity index (χ1n) is 8.40. The lowest BCUT2D eigenvalue weighted by Crippen LogP contribution is -2.28. The number of halogens is 4. The van der Waals surface area contributed by atoms with E-state index in [0.717, 1.165) is 18.7 Å². The highest BCUT2D eigenvalue weighted by Gasteiger charge is 2.08. The first-order valence-corrected chi connectivity index (χ1v) is 8.77. The molecule has 0 fully saturated rings. The monoisotopic (exact) mass is 454 g/mol. The van der Waals surface area contributed by atoms with Crippen LogP contribution in [0.1, 0.15) is 11.1 Å². The number of rotatable bonds is 11. The van der Waals surface area contributed by atoms with Crippen molar-refractivity contribution in [2.75, 3.05) is 33.4 Å². The molecule has 3 N–H and O–H groups in total. The molecule has 0 atom stereocenters. The fourth-order valence-corrected chi connectivity index (χ4v) is 2.57. The van der Waals surface area contributed by atoms with Crippen molar-refractivity contribution in [3.8, 4) is 11.5 Å². The van der Waals surface area contributed by atoms with Crippen LogP contribution in [0.4, 0.5) is 4.39 Å². The molecule has 28 heavy (non-hydrogen) atoms. The Morgan fingerprint density at radius 2 is 1.75 bits per heavy atom. The van der Waals surface area contributed by atoms with E-state index in [-0.39, 0.29) is 43.8 Å². The number of ether oxygens (including phenoxy) is 2. The molecule has 0 saturated heterocycles. The van der Waals surface area contributed by atoms with Crippen LogP contribution < -0.4 is 20.1 Å². The van der Waals surface area contributed by atoms with Crippen molar-refractivity contribution in [3.05, 3.63) is 58.4 Å². The van der Waals surface area contributed by atoms with Gasteiger partial charge in [0.15, 0.2) is 11.5 Å². The molecule has 2 aromatic rings. The average Bonchev–Trinajstić information content (AvgIpc) is 2.64. The molecule has 158 valence electrons. The number of nitrogens with one attached hydrogen (secondary N) is 2. The van der Waals surface area contributed by atoms with Gasteiger partial charge in [0.2, 0.25) is 0 Å². The van der Waals surface area contributed by atoms with E-state index in [9.17, 15) is 4.39 Å². The third-order valence-corrected chi connectivity index (χ3v) is 4.07. The maximum absolute atomic E-state index is 13.1. The normalized spacial score (nSPS) is 10.0. The first kappa shape index (κ1) is 26.7. The number of benzene rings is 2. The van der Waals surface area contributed by atoms with Crippen molar-refractivity contribution in [2.24, 2.45) is 0 Å². The first-order chi connectivity index (χ1) is 12.6. The van der Waals surface area contributed by atoms with E-state index in [1.807, 2.05) is 18.2 Å². The fourth-order valence-electron chi connectivity index (χ4n) is 2.35. The van der Waals surface area contributed by atoms with E-state index >= 15 is 0 Å². The number of hydrogen-bond donors (Lipinski definition) is 3. The Bertz CT molecular complexity index is 708. The van der Waals surface area contributed by atoms with Crippen molar-refractivity contribution in [3.63, 3.8) is 0 Å². The topological polar surface area (TPSA) is 62.8 Å². The zero-order chi connectivity index (χ0) is 18.8. The summed E-state index contributed by atoms with van der Waals surface area (Å²) in [5.74, 6) is 0.849. The predicted molar refractivity (Wildman–Crippen MR) is 115 cm³/mol. The fraction of sp³-hybridized carbons (Fsp3) is 0.368. The summed E-state index contributed by atoms with van der Waals surface area (Å²) in [7, 11) is 1.59. The van der Waals surface area contributed by atoms with Crippen LogP contribution in [0.3, 0.4) is 0 Å². The Morgan fingerprint density at radius 3 is 2.43 bits per heavy atom. The average molecular weight is 456 g/mol. The van der Waals surface area contributed by atoms with Gasteiger partial charge in [-0.3, -0.25) is 0 Å². The van der Waals surface area contributed by atoms with E-state index in [2.05, 4.69) is 10.6 Å². The molecule has 0 spiro atoms. The molecule has 0 aromatic heterocycles. The van der Waals surface area contributed by atoms with Gasteiger partial charge in [-0.1, -0.05) is 23.7 Å². The van der Waals surface area contributed by atoms with Gasteiger partial charge in [-0.05, 0) is 29.8 Å². The summed E-state index contributed by atoms with van der Waals surface area (Å²) in [6.45, 7) is 3.24. The second-order valence-corrected chi connectivity index (χ2v) is 6.07. The van der Waals surface area contributed by atoms with Crippen LogP contribution in [-0.2, 0) is 13.2 Å². The highest BCUT2D eigenvalue weighted by atomic mass is 35.5. The van der Waals surface area contributed by atoms with Crippen LogP contribution in [-0.4, -0.2) is 38.5 Å². The van der Waals surface area contributed by atoms with Gasteiger partial charge in [-0.15, -0.1) is 24.8 Å². The zero-order valence-electron chi connectivity index (χ0n) is 15.5. The Kier molecular flexibility index (Phi) is 14.0. The van der Waals surface area contributed by atoms with Crippen molar-refractivity contribution in [1.29, 1.82) is 0 Å². The summed E-state index contributed by atoms with van der Waals surface area (Å²) in [6.07, 6.45) is 0. The third-order valence-electron chi connectivity index (χ3n) is 3.72. The van der Waals surface area contributed by atoms with Crippen LogP contribution in [0.5, 0.6) is 11.5 Å². The molecule has 0 aliphatic rings. The molecule has 2 aromatic carbocycles. The Morgan fingerprint density at radius 1 is 1.00 bits per heavy atom. The lowest BCUT2D eigenvalue weighted by atomic mass is 10.2. The van der Waals surface area contributed by atoms with Gasteiger partial charge in [0.05, 0.1) is 18.7 Å². The molecular formula is C19H26Cl3FN2O3. The molecule has 0 heterocycles. The summed E-state index contributed by atoms with van der Waals surface area (Å²) >= 11 is 6.02. The summed E-state index contributed by atoms with van der Waals surface area (Å²) in [4.78, 5) is 0. The van der Waals surface area contributed by atoms with Gasteiger partial charge < -0.3 is 25.2 Å². The number of methoxy groups -OCH3 is 1. The lowest BCUT2D eigenvalue weighted by Gasteiger charge is -2.13. The molecule has 0 amide bonds. The minimum absolute atomic E-state index is 0. The smallest absolute Gasteiger partial charge is 0.161 e. The van der Waals surface area contributed by atoms with Crippen molar-refractivity contribution >= 4 is 36.4 Å². The summed E-state index contributed by atoms with van der Waals surface area (Å²) < 4.78 is 24.3. The quantitative estimate of drug-likeness (QED) is 0.452. The molecule has 2 rings (SSSR count). The van der Waals surface area contributed by atoms with E-state index in [1.54, 1.807) is 13.2 Å². The van der Waals surface area contributed by atoms with E-state index in [1.165, 1.54) is 12.1 Å². The Labute approximate surface area is 182 Å². The number of hydrogen-bond acceptors (Lipinski definition) is 5. The zero-order valence-corrected chi connectivity index (χ0v) is 17.9. The molecule has 0 aliphatic heterocycles. The van der Waals surface area contributed by atoms with Crippen LogP contribution in [0.25, 0.3) is 0 Å². The van der Waals surface area contributed by atoms with Crippen LogP contribution in [0.2, 0.25) is 5.02 Å². The van der Waals surface area contributed by atoms with E-state index in [0.29, 0.717) is 35.2 Å². The maximum Gasteiger partial charge on any atom is 0.161 e. The molecule has 0 saturated carbocycles. The van der Waals surface area contributed by atoms with E-state index in [4.69, 9.17) is 26.2 Å². The van der Waals surface area contributed by atoms with Crippen molar-refractivity contribution in [1.82, 2.24) is 10.6 Å². The molecule has 0 unspecified atom stereocenters. The standard InChI is InChI=1S/C19H24ClFN2O3.2ClH/c1-25-19-10-14(12-23-7-6-22-8-9-24)2-5-18(19)26-13-15-3-4-16(21)11-17(15)20;;/h2-5,10-11,22-24H,6-9,12-13H2,1H3;2*1H. The lowest BCUT2D eigenvalue weighted by molar-refractivity contribution is 0.284. The largest absolute Gasteiger partial charge is 0.493 e. The minimum Gasteiger partial charge on any atom is -0.493 e. The summed E-state index contributed by atoms with van der Waals surface area (Å²) in [6, 6.07) is 9.94. The molecule has 0 radical (unpaired) electrons. The van der Waals surface area contributed by atoms with Gasteiger partial charge in [-0.25, -0.2) is 4.39 Å². The van der Waals surface area contributed by atoms with Crippen molar-refractivity contribution in [2.45, 2.75) is 13.2 Å². The SMILES string of the molecule is COc1cc(CNCCNCCO)ccc1OCc1ccc(F)cc1Cl.Cl.Cl. The number of aliphatic hydroxyl groups is 1. The van der Waals surface area contributed by atoms with Gasteiger partial charge in [0.25, 0.3) is 0 Å².